The number of amides is 1. The molecule has 7 nitrogen and oxygen atoms in total. The summed E-state index contributed by atoms with van der Waals surface area (Å²) in [7, 11) is 0. The van der Waals surface area contributed by atoms with Gasteiger partial charge in [0.25, 0.3) is 5.91 Å². The lowest BCUT2D eigenvalue weighted by Crippen LogP contribution is -2.61. The molecule has 7 rings (SSSR count). The average Bonchev–Trinajstić information content (AvgIpc) is 2.67. The van der Waals surface area contributed by atoms with E-state index in [0.29, 0.717) is 29.2 Å². The molecule has 174 valence electrons. The van der Waals surface area contributed by atoms with E-state index in [-0.39, 0.29) is 24.2 Å². The number of nitrogens with zero attached hydrogens (tertiary/aromatic N) is 3. The van der Waals surface area contributed by atoms with Crippen molar-refractivity contribution in [3.8, 4) is 0 Å². The van der Waals surface area contributed by atoms with Gasteiger partial charge in [-0.2, -0.15) is 0 Å². The summed E-state index contributed by atoms with van der Waals surface area (Å²) in [5.74, 6) is 2.50. The Kier molecular flexibility index (Phi) is 4.99. The van der Waals surface area contributed by atoms with Crippen LogP contribution >= 0.6 is 0 Å². The number of aromatic nitrogens is 2. The SMILES string of the molecule is C[C@@H]1CN(c2ncc(C(=O)N[C@H]3C4CC5CC3C[C@@](O)(C5)C4)c(C3CCC3)n2)C[C@@H](C)O1. The van der Waals surface area contributed by atoms with Gasteiger partial charge in [-0.1, -0.05) is 6.42 Å². The quantitative estimate of drug-likeness (QED) is 0.748. The predicted octanol–water partition coefficient (Wildman–Crippen LogP) is 3.03. The second-order valence-electron chi connectivity index (χ2n) is 11.5. The lowest BCUT2D eigenvalue weighted by Gasteiger charge is -2.58. The topological polar surface area (TPSA) is 87.6 Å². The predicted molar refractivity (Wildman–Crippen MR) is 121 cm³/mol. The van der Waals surface area contributed by atoms with Gasteiger partial charge < -0.3 is 20.1 Å². The number of carbonyl (C=O) groups is 1. The van der Waals surface area contributed by atoms with Crippen LogP contribution in [0.5, 0.6) is 0 Å². The van der Waals surface area contributed by atoms with E-state index in [0.717, 1.165) is 69.7 Å². The van der Waals surface area contributed by atoms with Crippen molar-refractivity contribution in [2.75, 3.05) is 18.0 Å². The van der Waals surface area contributed by atoms with Crippen molar-refractivity contribution in [3.63, 3.8) is 0 Å². The van der Waals surface area contributed by atoms with Crippen molar-refractivity contribution in [1.82, 2.24) is 15.3 Å². The maximum absolute atomic E-state index is 13.5. The molecule has 4 bridgehead atoms. The summed E-state index contributed by atoms with van der Waals surface area (Å²) >= 11 is 0. The Labute approximate surface area is 190 Å². The smallest absolute Gasteiger partial charge is 0.254 e. The maximum atomic E-state index is 13.5. The number of morpholine rings is 1. The highest BCUT2D eigenvalue weighted by molar-refractivity contribution is 5.95. The van der Waals surface area contributed by atoms with E-state index in [1.54, 1.807) is 6.20 Å². The second kappa shape index (κ2) is 7.66. The number of rotatable bonds is 4. The fourth-order valence-electron chi connectivity index (χ4n) is 7.49. The van der Waals surface area contributed by atoms with Crippen LogP contribution in [0.4, 0.5) is 5.95 Å². The van der Waals surface area contributed by atoms with Gasteiger partial charge >= 0.3 is 0 Å². The first-order chi connectivity index (χ1) is 15.4. The van der Waals surface area contributed by atoms with Gasteiger partial charge in [0, 0.05) is 31.2 Å². The average molecular weight is 441 g/mol. The lowest BCUT2D eigenvalue weighted by molar-refractivity contribution is -0.136. The molecule has 1 saturated heterocycles. The first-order valence-corrected chi connectivity index (χ1v) is 12.7. The van der Waals surface area contributed by atoms with Gasteiger partial charge in [0.2, 0.25) is 5.95 Å². The summed E-state index contributed by atoms with van der Waals surface area (Å²) in [5.41, 5.74) is 1.10. The van der Waals surface area contributed by atoms with Crippen LogP contribution in [0.15, 0.2) is 6.20 Å². The lowest BCUT2D eigenvalue weighted by atomic mass is 9.52. The molecule has 0 aromatic carbocycles. The van der Waals surface area contributed by atoms with Gasteiger partial charge in [0.1, 0.15) is 0 Å². The van der Waals surface area contributed by atoms with E-state index < -0.39 is 5.60 Å². The summed E-state index contributed by atoms with van der Waals surface area (Å²) in [6, 6.07) is 0.175. The van der Waals surface area contributed by atoms with Gasteiger partial charge in [-0.05, 0) is 76.5 Å². The van der Waals surface area contributed by atoms with Gasteiger partial charge in [0.15, 0.2) is 0 Å². The molecule has 1 amide bonds. The van der Waals surface area contributed by atoms with E-state index in [1.807, 2.05) is 0 Å². The number of carbonyl (C=O) groups excluding carboxylic acids is 1. The number of aliphatic hydroxyl groups is 1. The Bertz CT molecular complexity index is 877. The van der Waals surface area contributed by atoms with Gasteiger partial charge in [-0.15, -0.1) is 0 Å². The van der Waals surface area contributed by atoms with Gasteiger partial charge in [0.05, 0.1) is 29.1 Å². The zero-order valence-corrected chi connectivity index (χ0v) is 19.3. The standard InChI is InChI=1S/C25H36N4O3/c1-14-12-29(13-15(2)32-14)24-26-11-20(22(28-24)17-4-3-5-17)23(30)27-21-18-6-16-7-19(21)10-25(31,8-16)9-18/h11,14-19,21,31H,3-10,12-13H2,1-2H3,(H,27,30)/t14-,15-,16?,18?,19?,21-,25+/m1/s1. The molecule has 7 heteroatoms. The van der Waals surface area contributed by atoms with E-state index in [9.17, 15) is 9.90 Å². The minimum Gasteiger partial charge on any atom is -0.390 e. The Morgan fingerprint density at radius 1 is 1.16 bits per heavy atom. The largest absolute Gasteiger partial charge is 0.390 e. The molecule has 2 N–H and O–H groups in total. The molecule has 1 aromatic rings. The third-order valence-electron chi connectivity index (χ3n) is 8.78. The Balaban J connectivity index is 1.24. The summed E-state index contributed by atoms with van der Waals surface area (Å²) in [6.07, 6.45) is 10.3. The van der Waals surface area contributed by atoms with Crippen LogP contribution in [0.3, 0.4) is 0 Å². The molecule has 0 radical (unpaired) electrons. The minimum absolute atomic E-state index is 0.0216. The van der Waals surface area contributed by atoms with Crippen LogP contribution in [0.2, 0.25) is 0 Å². The molecular formula is C25H36N4O3. The Hall–Kier alpha value is -1.73. The van der Waals surface area contributed by atoms with Crippen LogP contribution in [-0.2, 0) is 4.74 Å². The molecule has 2 heterocycles. The van der Waals surface area contributed by atoms with Gasteiger partial charge in [-0.25, -0.2) is 9.97 Å². The first kappa shape index (κ1) is 20.8. The zero-order chi connectivity index (χ0) is 22.0. The van der Waals surface area contributed by atoms with E-state index in [2.05, 4.69) is 29.0 Å². The molecule has 2 unspecified atom stereocenters. The summed E-state index contributed by atoms with van der Waals surface area (Å²) in [6.45, 7) is 5.71. The van der Waals surface area contributed by atoms with Crippen molar-refractivity contribution < 1.29 is 14.6 Å². The molecule has 4 atom stereocenters. The van der Waals surface area contributed by atoms with Crippen molar-refractivity contribution >= 4 is 11.9 Å². The van der Waals surface area contributed by atoms with Crippen LogP contribution < -0.4 is 10.2 Å². The molecule has 6 fully saturated rings. The molecule has 1 aromatic heterocycles. The molecule has 5 saturated carbocycles. The maximum Gasteiger partial charge on any atom is 0.254 e. The van der Waals surface area contributed by atoms with Crippen LogP contribution in [0.1, 0.15) is 87.2 Å². The van der Waals surface area contributed by atoms with E-state index in [1.165, 1.54) is 6.42 Å². The molecule has 1 aliphatic heterocycles. The van der Waals surface area contributed by atoms with Crippen LogP contribution in [0, 0.1) is 17.8 Å². The molecular weight excluding hydrogens is 404 g/mol. The fourth-order valence-corrected chi connectivity index (χ4v) is 7.49. The summed E-state index contributed by atoms with van der Waals surface area (Å²) in [4.78, 5) is 25.3. The number of hydrogen-bond donors (Lipinski definition) is 2. The van der Waals surface area contributed by atoms with Crippen molar-refractivity contribution in [2.45, 2.75) is 95.0 Å². The highest BCUT2D eigenvalue weighted by Gasteiger charge is 2.55. The van der Waals surface area contributed by atoms with Crippen molar-refractivity contribution in [1.29, 1.82) is 0 Å². The Morgan fingerprint density at radius 3 is 2.44 bits per heavy atom. The van der Waals surface area contributed by atoms with E-state index >= 15 is 0 Å². The summed E-state index contributed by atoms with van der Waals surface area (Å²) in [5, 5.41) is 14.3. The zero-order valence-electron chi connectivity index (χ0n) is 19.3. The minimum atomic E-state index is -0.480. The van der Waals surface area contributed by atoms with Crippen LogP contribution in [-0.4, -0.2) is 57.9 Å². The highest BCUT2D eigenvalue weighted by atomic mass is 16.5. The van der Waals surface area contributed by atoms with Gasteiger partial charge in [-0.3, -0.25) is 4.79 Å². The number of ether oxygens (including phenoxy) is 1. The number of hydrogen-bond acceptors (Lipinski definition) is 6. The number of anilines is 1. The van der Waals surface area contributed by atoms with Crippen molar-refractivity contribution in [2.24, 2.45) is 17.8 Å². The van der Waals surface area contributed by atoms with Crippen molar-refractivity contribution in [3.05, 3.63) is 17.5 Å². The molecule has 6 aliphatic rings. The molecule has 0 spiro atoms. The highest BCUT2D eigenvalue weighted by Crippen LogP contribution is 2.55. The normalized spacial score (nSPS) is 40.9. The third-order valence-corrected chi connectivity index (χ3v) is 8.78. The number of nitrogens with one attached hydrogen (secondary N) is 1. The first-order valence-electron chi connectivity index (χ1n) is 12.7. The second-order valence-corrected chi connectivity index (χ2v) is 11.5. The summed E-state index contributed by atoms with van der Waals surface area (Å²) < 4.78 is 5.87. The monoisotopic (exact) mass is 440 g/mol. The molecule has 32 heavy (non-hydrogen) atoms. The van der Waals surface area contributed by atoms with E-state index in [4.69, 9.17) is 9.72 Å². The fraction of sp³-hybridized carbons (Fsp3) is 0.800. The van der Waals surface area contributed by atoms with Crippen LogP contribution in [0.25, 0.3) is 0 Å². The Morgan fingerprint density at radius 2 is 1.84 bits per heavy atom. The molecule has 5 aliphatic carbocycles. The third kappa shape index (κ3) is 3.61.